The van der Waals surface area contributed by atoms with Gasteiger partial charge in [0.2, 0.25) is 0 Å². The van der Waals surface area contributed by atoms with Crippen molar-refractivity contribution in [1.29, 1.82) is 0 Å². The first-order valence-corrected chi connectivity index (χ1v) is 8.04. The van der Waals surface area contributed by atoms with Gasteiger partial charge >= 0.3 is 0 Å². The molecule has 0 aromatic heterocycles. The van der Waals surface area contributed by atoms with Crippen LogP contribution in [0.2, 0.25) is 0 Å². The summed E-state index contributed by atoms with van der Waals surface area (Å²) >= 11 is 0. The van der Waals surface area contributed by atoms with Crippen molar-refractivity contribution in [3.8, 4) is 5.75 Å². The summed E-state index contributed by atoms with van der Waals surface area (Å²) in [6.45, 7) is 6.99. The average Bonchev–Trinajstić information content (AvgIpc) is 2.47. The Hall–Kier alpha value is -1.22. The zero-order valence-electron chi connectivity index (χ0n) is 13.7. The number of benzene rings is 1. The molecule has 1 saturated carbocycles. The third-order valence-electron chi connectivity index (χ3n) is 4.94. The van der Waals surface area contributed by atoms with Gasteiger partial charge < -0.3 is 15.2 Å². The quantitative estimate of drug-likeness (QED) is 0.863. The number of methoxy groups -OCH3 is 1. The first-order valence-electron chi connectivity index (χ1n) is 8.04. The van der Waals surface area contributed by atoms with E-state index in [2.05, 4.69) is 32.2 Å². The second kappa shape index (κ2) is 6.69. The highest BCUT2D eigenvalue weighted by atomic mass is 16.5. The Morgan fingerprint density at radius 1 is 1.38 bits per heavy atom. The summed E-state index contributed by atoms with van der Waals surface area (Å²) in [5, 5.41) is 13.8. The number of aliphatic hydroxyl groups excluding tert-OH is 1. The van der Waals surface area contributed by atoms with Crippen LogP contribution in [0.25, 0.3) is 0 Å². The smallest absolute Gasteiger partial charge is 0.120 e. The number of nitrogens with one attached hydrogen (secondary N) is 1. The molecule has 3 atom stereocenters. The normalized spacial score (nSPS) is 29.4. The van der Waals surface area contributed by atoms with Crippen molar-refractivity contribution in [2.45, 2.75) is 45.6 Å². The van der Waals surface area contributed by atoms with E-state index in [0.29, 0.717) is 17.8 Å². The van der Waals surface area contributed by atoms with Gasteiger partial charge in [-0.25, -0.2) is 0 Å². The van der Waals surface area contributed by atoms with Gasteiger partial charge in [-0.3, -0.25) is 0 Å². The third-order valence-corrected chi connectivity index (χ3v) is 4.94. The number of ether oxygens (including phenoxy) is 1. The summed E-state index contributed by atoms with van der Waals surface area (Å²) in [6, 6.07) is 7.99. The first kappa shape index (κ1) is 16.2. The molecule has 0 aliphatic heterocycles. The Morgan fingerprint density at radius 3 is 2.76 bits per heavy atom. The molecule has 0 heterocycles. The molecule has 1 aliphatic rings. The third kappa shape index (κ3) is 3.52. The van der Waals surface area contributed by atoms with Gasteiger partial charge in [-0.1, -0.05) is 33.3 Å². The number of hydrogen-bond acceptors (Lipinski definition) is 3. The molecule has 1 aliphatic carbocycles. The van der Waals surface area contributed by atoms with Crippen LogP contribution in [-0.2, 0) is 0 Å². The number of aliphatic hydroxyl groups is 1. The van der Waals surface area contributed by atoms with Crippen LogP contribution in [0.5, 0.6) is 5.75 Å². The van der Waals surface area contributed by atoms with Gasteiger partial charge in [-0.2, -0.15) is 0 Å². The van der Waals surface area contributed by atoms with Crippen LogP contribution in [0.1, 0.15) is 40.0 Å². The summed E-state index contributed by atoms with van der Waals surface area (Å²) in [7, 11) is 1.68. The van der Waals surface area contributed by atoms with Crippen molar-refractivity contribution >= 4 is 5.69 Å². The van der Waals surface area contributed by atoms with Crippen LogP contribution in [0, 0.1) is 17.8 Å². The standard InChI is InChI=1S/C18H29NO2/c1-13(2)17-9-8-14(3)11-18(17,12-20)19-15-6-5-7-16(10-15)21-4/h5-7,10,13-14,17,19-20H,8-9,11-12H2,1-4H3. The van der Waals surface area contributed by atoms with Crippen molar-refractivity contribution in [2.75, 3.05) is 19.0 Å². The second-order valence-corrected chi connectivity index (χ2v) is 6.91. The molecule has 2 rings (SSSR count). The summed E-state index contributed by atoms with van der Waals surface area (Å²) in [4.78, 5) is 0. The Morgan fingerprint density at radius 2 is 2.14 bits per heavy atom. The molecule has 118 valence electrons. The molecule has 0 radical (unpaired) electrons. The molecule has 1 aromatic carbocycles. The largest absolute Gasteiger partial charge is 0.497 e. The maximum atomic E-state index is 10.2. The van der Waals surface area contributed by atoms with Crippen molar-refractivity contribution < 1.29 is 9.84 Å². The molecule has 0 saturated heterocycles. The lowest BCUT2D eigenvalue weighted by atomic mass is 9.65. The van der Waals surface area contributed by atoms with Gasteiger partial charge in [-0.15, -0.1) is 0 Å². The summed E-state index contributed by atoms with van der Waals surface area (Å²) in [5.74, 6) is 2.54. The fourth-order valence-electron chi connectivity index (χ4n) is 3.94. The van der Waals surface area contributed by atoms with E-state index in [9.17, 15) is 5.11 Å². The number of hydrogen-bond donors (Lipinski definition) is 2. The van der Waals surface area contributed by atoms with Crippen LogP contribution >= 0.6 is 0 Å². The average molecular weight is 291 g/mol. The molecule has 0 amide bonds. The van der Waals surface area contributed by atoms with Gasteiger partial charge in [0.05, 0.1) is 19.3 Å². The lowest BCUT2D eigenvalue weighted by molar-refractivity contribution is 0.0685. The minimum atomic E-state index is -0.224. The van der Waals surface area contributed by atoms with E-state index in [4.69, 9.17) is 4.74 Å². The van der Waals surface area contributed by atoms with Gasteiger partial charge in [0, 0.05) is 11.8 Å². The summed E-state index contributed by atoms with van der Waals surface area (Å²) in [5.41, 5.74) is 0.807. The molecular formula is C18H29NO2. The van der Waals surface area contributed by atoms with Gasteiger partial charge in [-0.05, 0) is 42.7 Å². The van der Waals surface area contributed by atoms with Crippen molar-refractivity contribution in [2.24, 2.45) is 17.8 Å². The Labute approximate surface area is 128 Å². The fourth-order valence-corrected chi connectivity index (χ4v) is 3.94. The highest BCUT2D eigenvalue weighted by molar-refractivity contribution is 5.50. The molecular weight excluding hydrogens is 262 g/mol. The lowest BCUT2D eigenvalue weighted by Gasteiger charge is -2.48. The van der Waals surface area contributed by atoms with E-state index in [1.54, 1.807) is 7.11 Å². The van der Waals surface area contributed by atoms with E-state index in [0.717, 1.165) is 17.9 Å². The molecule has 3 nitrogen and oxygen atoms in total. The topological polar surface area (TPSA) is 41.5 Å². The van der Waals surface area contributed by atoms with Gasteiger partial charge in [0.25, 0.3) is 0 Å². The molecule has 3 heteroatoms. The van der Waals surface area contributed by atoms with Crippen molar-refractivity contribution in [1.82, 2.24) is 0 Å². The predicted octanol–water partition coefficient (Wildman–Crippen LogP) is 3.93. The summed E-state index contributed by atoms with van der Waals surface area (Å²) < 4.78 is 5.30. The fraction of sp³-hybridized carbons (Fsp3) is 0.667. The van der Waals surface area contributed by atoms with Crippen LogP contribution in [0.4, 0.5) is 5.69 Å². The SMILES string of the molecule is COc1cccc(NC2(CO)CC(C)CCC2C(C)C)c1. The molecule has 3 unspecified atom stereocenters. The highest BCUT2D eigenvalue weighted by Crippen LogP contribution is 2.43. The van der Waals surface area contributed by atoms with Crippen molar-refractivity contribution in [3.05, 3.63) is 24.3 Å². The maximum absolute atomic E-state index is 10.2. The molecule has 0 spiro atoms. The van der Waals surface area contributed by atoms with Crippen LogP contribution in [-0.4, -0.2) is 24.4 Å². The van der Waals surface area contributed by atoms with Crippen LogP contribution < -0.4 is 10.1 Å². The zero-order chi connectivity index (χ0) is 15.5. The second-order valence-electron chi connectivity index (χ2n) is 6.91. The minimum Gasteiger partial charge on any atom is -0.497 e. The lowest BCUT2D eigenvalue weighted by Crippen LogP contribution is -2.54. The van der Waals surface area contributed by atoms with Crippen LogP contribution in [0.15, 0.2) is 24.3 Å². The maximum Gasteiger partial charge on any atom is 0.120 e. The van der Waals surface area contributed by atoms with E-state index >= 15 is 0 Å². The van der Waals surface area contributed by atoms with Gasteiger partial charge in [0.1, 0.15) is 5.75 Å². The summed E-state index contributed by atoms with van der Waals surface area (Å²) in [6.07, 6.45) is 3.45. The van der Waals surface area contributed by atoms with E-state index < -0.39 is 0 Å². The van der Waals surface area contributed by atoms with E-state index in [-0.39, 0.29) is 12.1 Å². The van der Waals surface area contributed by atoms with E-state index in [1.807, 2.05) is 18.2 Å². The minimum absolute atomic E-state index is 0.178. The van der Waals surface area contributed by atoms with Gasteiger partial charge in [0.15, 0.2) is 0 Å². The zero-order valence-corrected chi connectivity index (χ0v) is 13.7. The highest BCUT2D eigenvalue weighted by Gasteiger charge is 2.43. The monoisotopic (exact) mass is 291 g/mol. The van der Waals surface area contributed by atoms with Crippen LogP contribution in [0.3, 0.4) is 0 Å². The molecule has 1 fully saturated rings. The Bertz CT molecular complexity index is 460. The molecule has 2 N–H and O–H groups in total. The predicted molar refractivity (Wildman–Crippen MR) is 87.8 cm³/mol. The molecule has 21 heavy (non-hydrogen) atoms. The number of anilines is 1. The molecule has 1 aromatic rings. The number of rotatable bonds is 5. The Kier molecular flexibility index (Phi) is 5.15. The first-order chi connectivity index (χ1) is 10.0. The Balaban J connectivity index is 2.28. The molecule has 0 bridgehead atoms. The van der Waals surface area contributed by atoms with E-state index in [1.165, 1.54) is 12.8 Å². The van der Waals surface area contributed by atoms with Crippen molar-refractivity contribution in [3.63, 3.8) is 0 Å².